The SMILES string of the molecule is C1=C(c2ccccc2)/C(=N/c2[nH]c(-c3ccccc3)cc2-c2ccccc2)N=C1c1ccccc1. The summed E-state index contributed by atoms with van der Waals surface area (Å²) in [5.74, 6) is 1.50. The summed E-state index contributed by atoms with van der Waals surface area (Å²) >= 11 is 0. The van der Waals surface area contributed by atoms with E-state index in [1.807, 2.05) is 60.7 Å². The van der Waals surface area contributed by atoms with E-state index in [4.69, 9.17) is 9.98 Å². The number of benzene rings is 4. The number of allylic oxidation sites excluding steroid dienone is 1. The lowest BCUT2D eigenvalue weighted by molar-refractivity contribution is 1.33. The molecule has 2 heterocycles. The van der Waals surface area contributed by atoms with Crippen molar-refractivity contribution in [2.24, 2.45) is 9.98 Å². The number of amidine groups is 1. The molecule has 0 bridgehead atoms. The number of H-pyrrole nitrogens is 1. The van der Waals surface area contributed by atoms with Gasteiger partial charge < -0.3 is 4.98 Å². The molecule has 4 aromatic carbocycles. The molecule has 0 amide bonds. The first-order chi connectivity index (χ1) is 17.3. The Morgan fingerprint density at radius 3 is 1.66 bits per heavy atom. The number of aliphatic imine (C=N–C) groups is 2. The number of hydrogen-bond acceptors (Lipinski definition) is 1. The second kappa shape index (κ2) is 9.24. The first kappa shape index (κ1) is 20.8. The molecule has 6 rings (SSSR count). The Bertz CT molecular complexity index is 1540. The lowest BCUT2D eigenvalue weighted by atomic mass is 10.0. The number of hydrogen-bond donors (Lipinski definition) is 1. The molecule has 166 valence electrons. The van der Waals surface area contributed by atoms with Crippen molar-refractivity contribution in [1.82, 2.24) is 4.98 Å². The van der Waals surface area contributed by atoms with Crippen molar-refractivity contribution in [3.05, 3.63) is 145 Å². The van der Waals surface area contributed by atoms with E-state index < -0.39 is 0 Å². The Labute approximate surface area is 204 Å². The molecular weight excluding hydrogens is 426 g/mol. The largest absolute Gasteiger partial charge is 0.339 e. The molecule has 0 radical (unpaired) electrons. The van der Waals surface area contributed by atoms with Gasteiger partial charge in [0.1, 0.15) is 5.82 Å². The zero-order valence-corrected chi connectivity index (χ0v) is 19.1. The van der Waals surface area contributed by atoms with Gasteiger partial charge in [-0.2, -0.15) is 0 Å². The average Bonchev–Trinajstić information content (AvgIpc) is 3.56. The summed E-state index contributed by atoms with van der Waals surface area (Å²) in [7, 11) is 0. The van der Waals surface area contributed by atoms with Crippen molar-refractivity contribution in [1.29, 1.82) is 0 Å². The molecule has 3 heteroatoms. The van der Waals surface area contributed by atoms with E-state index in [0.29, 0.717) is 5.84 Å². The van der Waals surface area contributed by atoms with Gasteiger partial charge in [0.25, 0.3) is 0 Å². The van der Waals surface area contributed by atoms with Gasteiger partial charge in [0.15, 0.2) is 5.84 Å². The summed E-state index contributed by atoms with van der Waals surface area (Å²) in [6, 6.07) is 43.5. The van der Waals surface area contributed by atoms with E-state index in [1.54, 1.807) is 0 Å². The van der Waals surface area contributed by atoms with Gasteiger partial charge in [-0.1, -0.05) is 121 Å². The third-order valence-corrected chi connectivity index (χ3v) is 6.09. The molecule has 1 aliphatic heterocycles. The van der Waals surface area contributed by atoms with Crippen molar-refractivity contribution < 1.29 is 0 Å². The van der Waals surface area contributed by atoms with Gasteiger partial charge in [0.2, 0.25) is 0 Å². The standard InChI is InChI=1S/C32H23N3/c1-5-13-23(14-6-1)27-21-29(25-17-9-3-10-18-25)33-31(27)35-32-28(24-15-7-2-8-16-24)22-30(34-32)26-19-11-4-12-20-26/h1-22,33H/b35-32-. The number of nitrogens with zero attached hydrogens (tertiary/aromatic N) is 2. The number of aromatic nitrogens is 1. The smallest absolute Gasteiger partial charge is 0.162 e. The highest BCUT2D eigenvalue weighted by Crippen LogP contribution is 2.36. The van der Waals surface area contributed by atoms with Crippen LogP contribution in [-0.2, 0) is 0 Å². The van der Waals surface area contributed by atoms with Crippen LogP contribution >= 0.6 is 0 Å². The van der Waals surface area contributed by atoms with Crippen molar-refractivity contribution in [2.45, 2.75) is 0 Å². The molecule has 1 aromatic heterocycles. The van der Waals surface area contributed by atoms with Crippen LogP contribution in [0.15, 0.2) is 143 Å². The molecule has 0 saturated carbocycles. The second-order valence-electron chi connectivity index (χ2n) is 8.40. The van der Waals surface area contributed by atoms with Crippen molar-refractivity contribution in [3.8, 4) is 22.4 Å². The van der Waals surface area contributed by atoms with Crippen LogP contribution in [0.5, 0.6) is 0 Å². The van der Waals surface area contributed by atoms with E-state index in [1.165, 1.54) is 0 Å². The first-order valence-electron chi connectivity index (χ1n) is 11.7. The van der Waals surface area contributed by atoms with Crippen LogP contribution in [0.25, 0.3) is 28.0 Å². The van der Waals surface area contributed by atoms with E-state index in [-0.39, 0.29) is 0 Å². The fourth-order valence-electron chi connectivity index (χ4n) is 4.33. The van der Waals surface area contributed by atoms with Crippen LogP contribution < -0.4 is 0 Å². The maximum Gasteiger partial charge on any atom is 0.162 e. The highest BCUT2D eigenvalue weighted by atomic mass is 15.0. The minimum Gasteiger partial charge on any atom is -0.339 e. The third kappa shape index (κ3) is 4.28. The summed E-state index contributed by atoms with van der Waals surface area (Å²) in [5, 5.41) is 0. The summed E-state index contributed by atoms with van der Waals surface area (Å²) in [6.07, 6.45) is 2.13. The quantitative estimate of drug-likeness (QED) is 0.283. The highest BCUT2D eigenvalue weighted by molar-refractivity contribution is 6.38. The van der Waals surface area contributed by atoms with Gasteiger partial charge >= 0.3 is 0 Å². The molecule has 0 saturated heterocycles. The number of nitrogens with one attached hydrogen (secondary N) is 1. The second-order valence-corrected chi connectivity index (χ2v) is 8.40. The molecule has 0 fully saturated rings. The minimum absolute atomic E-state index is 0.702. The van der Waals surface area contributed by atoms with Crippen molar-refractivity contribution in [3.63, 3.8) is 0 Å². The topological polar surface area (TPSA) is 40.5 Å². The summed E-state index contributed by atoms with van der Waals surface area (Å²) in [4.78, 5) is 13.7. The maximum atomic E-state index is 5.12. The Hall–Kier alpha value is -4.76. The fraction of sp³-hybridized carbons (Fsp3) is 0. The molecule has 0 unspecified atom stereocenters. The van der Waals surface area contributed by atoms with Crippen LogP contribution in [-0.4, -0.2) is 16.5 Å². The summed E-state index contributed by atoms with van der Waals surface area (Å²) < 4.78 is 0. The van der Waals surface area contributed by atoms with Crippen LogP contribution in [0.1, 0.15) is 11.1 Å². The van der Waals surface area contributed by atoms with Crippen molar-refractivity contribution in [2.75, 3.05) is 0 Å². The van der Waals surface area contributed by atoms with Gasteiger partial charge in [0.05, 0.1) is 5.71 Å². The van der Waals surface area contributed by atoms with Gasteiger partial charge in [-0.05, 0) is 28.8 Å². The van der Waals surface area contributed by atoms with E-state index in [2.05, 4.69) is 77.8 Å². The summed E-state index contributed by atoms with van der Waals surface area (Å²) in [5.41, 5.74) is 8.41. The van der Waals surface area contributed by atoms with E-state index in [0.717, 1.165) is 50.6 Å². The van der Waals surface area contributed by atoms with E-state index in [9.17, 15) is 0 Å². The third-order valence-electron chi connectivity index (χ3n) is 6.09. The maximum absolute atomic E-state index is 5.12. The summed E-state index contributed by atoms with van der Waals surface area (Å²) in [6.45, 7) is 0. The normalized spacial score (nSPS) is 14.1. The fourth-order valence-corrected chi connectivity index (χ4v) is 4.33. The molecule has 0 spiro atoms. The molecule has 1 aliphatic rings. The molecule has 1 N–H and O–H groups in total. The molecule has 3 nitrogen and oxygen atoms in total. The number of rotatable bonds is 5. The first-order valence-corrected chi connectivity index (χ1v) is 11.7. The van der Waals surface area contributed by atoms with E-state index >= 15 is 0 Å². The molecule has 5 aromatic rings. The highest BCUT2D eigenvalue weighted by Gasteiger charge is 2.20. The Morgan fingerprint density at radius 1 is 0.543 bits per heavy atom. The van der Waals surface area contributed by atoms with Gasteiger partial charge in [0, 0.05) is 22.4 Å². The molecule has 0 atom stereocenters. The van der Waals surface area contributed by atoms with Crippen LogP contribution in [0.2, 0.25) is 0 Å². The number of aromatic amines is 1. The Morgan fingerprint density at radius 2 is 1.06 bits per heavy atom. The van der Waals surface area contributed by atoms with Crippen LogP contribution in [0.4, 0.5) is 5.82 Å². The lowest BCUT2D eigenvalue weighted by Gasteiger charge is -2.04. The van der Waals surface area contributed by atoms with Gasteiger partial charge in [-0.3, -0.25) is 0 Å². The zero-order valence-electron chi connectivity index (χ0n) is 19.1. The van der Waals surface area contributed by atoms with Crippen LogP contribution in [0.3, 0.4) is 0 Å². The zero-order chi connectivity index (χ0) is 23.5. The monoisotopic (exact) mass is 449 g/mol. The molecule has 35 heavy (non-hydrogen) atoms. The van der Waals surface area contributed by atoms with Gasteiger partial charge in [-0.25, -0.2) is 9.98 Å². The van der Waals surface area contributed by atoms with Gasteiger partial charge in [-0.15, -0.1) is 0 Å². The predicted octanol–water partition coefficient (Wildman–Crippen LogP) is 7.97. The molecule has 0 aliphatic carbocycles. The predicted molar refractivity (Wildman–Crippen MR) is 146 cm³/mol. The molecular formula is C32H23N3. The average molecular weight is 450 g/mol. The van der Waals surface area contributed by atoms with Crippen molar-refractivity contribution >= 4 is 22.9 Å². The Balaban J connectivity index is 1.52. The van der Waals surface area contributed by atoms with Crippen LogP contribution in [0, 0.1) is 0 Å². The Kier molecular flexibility index (Phi) is 5.50. The lowest BCUT2D eigenvalue weighted by Crippen LogP contribution is -1.95. The minimum atomic E-state index is 0.702.